The number of carboxylic acid groups (broad SMARTS) is 1. The van der Waals surface area contributed by atoms with E-state index in [0.717, 1.165) is 48.0 Å². The minimum Gasteiger partial charge on any atom is -0.481 e. The molecular formula is C28H31F2N3O5. The Morgan fingerprint density at radius 2 is 1.89 bits per heavy atom. The minimum atomic E-state index is -2.62. The van der Waals surface area contributed by atoms with E-state index in [-0.39, 0.29) is 24.1 Å². The number of aryl methyl sites for hydroxylation is 1. The van der Waals surface area contributed by atoms with E-state index in [0.29, 0.717) is 24.6 Å². The molecule has 1 N–H and O–H groups in total. The monoisotopic (exact) mass is 527 g/mol. The number of rotatable bonds is 6. The van der Waals surface area contributed by atoms with E-state index in [1.54, 1.807) is 4.90 Å². The molecular weight excluding hydrogens is 496 g/mol. The summed E-state index contributed by atoms with van der Waals surface area (Å²) in [5, 5.41) is 10.1. The van der Waals surface area contributed by atoms with Crippen LogP contribution in [0.2, 0.25) is 0 Å². The van der Waals surface area contributed by atoms with Gasteiger partial charge in [0.25, 0.3) is 6.43 Å². The Bertz CT molecular complexity index is 1330. The molecule has 0 spiro atoms. The van der Waals surface area contributed by atoms with Gasteiger partial charge >= 0.3 is 12.1 Å². The van der Waals surface area contributed by atoms with Gasteiger partial charge in [0, 0.05) is 30.2 Å². The van der Waals surface area contributed by atoms with Crippen LogP contribution in [0, 0.1) is 0 Å². The second-order valence-electron chi connectivity index (χ2n) is 9.99. The number of halogens is 2. The maximum absolute atomic E-state index is 13.1. The molecule has 1 saturated heterocycles. The van der Waals surface area contributed by atoms with Gasteiger partial charge in [-0.3, -0.25) is 9.69 Å². The predicted molar refractivity (Wildman–Crippen MR) is 137 cm³/mol. The van der Waals surface area contributed by atoms with Gasteiger partial charge in [-0.25, -0.2) is 18.6 Å². The Labute approximate surface area is 219 Å². The molecule has 8 nitrogen and oxygen atoms in total. The third-order valence-electron chi connectivity index (χ3n) is 7.68. The van der Waals surface area contributed by atoms with Crippen LogP contribution in [0.4, 0.5) is 19.3 Å². The number of fused-ring (bicyclic) bond motifs is 3. The van der Waals surface area contributed by atoms with Gasteiger partial charge in [-0.15, -0.1) is 0 Å². The summed E-state index contributed by atoms with van der Waals surface area (Å²) in [6, 6.07) is 9.24. The van der Waals surface area contributed by atoms with Crippen molar-refractivity contribution in [1.82, 2.24) is 9.55 Å². The van der Waals surface area contributed by atoms with Gasteiger partial charge in [-0.2, -0.15) is 0 Å². The zero-order chi connectivity index (χ0) is 27.0. The average Bonchev–Trinajstić information content (AvgIpc) is 3.30. The molecule has 0 radical (unpaired) electrons. The van der Waals surface area contributed by atoms with Crippen LogP contribution in [0.25, 0.3) is 11.0 Å². The number of aromatic nitrogens is 2. The summed E-state index contributed by atoms with van der Waals surface area (Å²) in [7, 11) is 1.36. The van der Waals surface area contributed by atoms with E-state index >= 15 is 0 Å². The summed E-state index contributed by atoms with van der Waals surface area (Å²) < 4.78 is 39.0. The number of amides is 1. The minimum absolute atomic E-state index is 0.0170. The van der Waals surface area contributed by atoms with Crippen LogP contribution >= 0.6 is 0 Å². The number of ether oxygens (including phenoxy) is 2. The van der Waals surface area contributed by atoms with Crippen molar-refractivity contribution in [2.75, 3.05) is 25.2 Å². The SMILES string of the molecule is COC(=O)N1c2ccc3c(nc(C[C@H](C(=O)O)c4ccc(C(F)F)cc4)n3[C@@H]3CCCOC3)c2CC[C@@H]1C. The highest BCUT2D eigenvalue weighted by molar-refractivity contribution is 5.95. The van der Waals surface area contributed by atoms with Gasteiger partial charge in [0.15, 0.2) is 0 Å². The van der Waals surface area contributed by atoms with Gasteiger partial charge in [-0.1, -0.05) is 24.3 Å². The summed E-state index contributed by atoms with van der Waals surface area (Å²) in [5.41, 5.74) is 3.56. The fourth-order valence-electron chi connectivity index (χ4n) is 5.71. The lowest BCUT2D eigenvalue weighted by atomic mass is 9.94. The standard InChI is InChI=1S/C28H31F2N3O5/c1-16-5-10-20-22(32(16)28(36)37-2)11-12-23-25(20)31-24(33(23)19-4-3-13-38-15-19)14-21(27(34)35)17-6-8-18(9-7-17)26(29)30/h6-9,11-12,16,19,21,26H,3-5,10,13-15H2,1-2H3,(H,34,35)/t16-,19+,21-/m0/s1. The maximum atomic E-state index is 13.1. The molecule has 3 aromatic rings. The third kappa shape index (κ3) is 4.73. The molecule has 3 atom stereocenters. The average molecular weight is 528 g/mol. The lowest BCUT2D eigenvalue weighted by Gasteiger charge is -2.34. The molecule has 1 amide bonds. The lowest BCUT2D eigenvalue weighted by Crippen LogP contribution is -2.42. The van der Waals surface area contributed by atoms with Crippen molar-refractivity contribution >= 4 is 28.8 Å². The number of hydrogen-bond acceptors (Lipinski definition) is 5. The molecule has 0 saturated carbocycles. The first kappa shape index (κ1) is 26.1. The largest absolute Gasteiger partial charge is 0.481 e. The number of imidazole rings is 1. The van der Waals surface area contributed by atoms with E-state index in [2.05, 4.69) is 4.57 Å². The van der Waals surface area contributed by atoms with Crippen LogP contribution in [-0.4, -0.2) is 53.1 Å². The number of methoxy groups -OCH3 is 1. The number of benzene rings is 2. The number of alkyl halides is 2. The Morgan fingerprint density at radius 3 is 2.53 bits per heavy atom. The Balaban J connectivity index is 1.62. The molecule has 2 aliphatic rings. The highest BCUT2D eigenvalue weighted by atomic mass is 19.3. The van der Waals surface area contributed by atoms with E-state index in [1.165, 1.54) is 31.4 Å². The first-order valence-corrected chi connectivity index (χ1v) is 12.9. The van der Waals surface area contributed by atoms with Crippen molar-refractivity contribution < 1.29 is 33.0 Å². The number of hydrogen-bond donors (Lipinski definition) is 1. The lowest BCUT2D eigenvalue weighted by molar-refractivity contribution is -0.138. The molecule has 5 rings (SSSR count). The normalized spacial score (nSPS) is 20.4. The maximum Gasteiger partial charge on any atom is 0.414 e. The van der Waals surface area contributed by atoms with Gasteiger partial charge in [-0.05, 0) is 50.3 Å². The molecule has 38 heavy (non-hydrogen) atoms. The molecule has 3 heterocycles. The van der Waals surface area contributed by atoms with E-state index < -0.39 is 24.4 Å². The zero-order valence-electron chi connectivity index (χ0n) is 21.4. The Morgan fingerprint density at radius 1 is 1.16 bits per heavy atom. The van der Waals surface area contributed by atoms with Crippen molar-refractivity contribution in [2.45, 2.75) is 63.5 Å². The third-order valence-corrected chi connectivity index (χ3v) is 7.68. The second-order valence-corrected chi connectivity index (χ2v) is 9.99. The highest BCUT2D eigenvalue weighted by Crippen LogP contribution is 2.39. The van der Waals surface area contributed by atoms with E-state index in [1.807, 2.05) is 19.1 Å². The number of aliphatic carboxylic acids is 1. The van der Waals surface area contributed by atoms with Gasteiger partial charge in [0.1, 0.15) is 5.82 Å². The number of carbonyl (C=O) groups is 2. The van der Waals surface area contributed by atoms with Crippen LogP contribution < -0.4 is 4.90 Å². The molecule has 0 bridgehead atoms. The van der Waals surface area contributed by atoms with Crippen LogP contribution in [0.1, 0.15) is 67.1 Å². The molecule has 0 aliphatic carbocycles. The molecule has 2 aliphatic heterocycles. The van der Waals surface area contributed by atoms with Crippen molar-refractivity contribution in [2.24, 2.45) is 0 Å². The highest BCUT2D eigenvalue weighted by Gasteiger charge is 2.33. The summed E-state index contributed by atoms with van der Waals surface area (Å²) in [6.45, 7) is 3.14. The molecule has 1 aromatic heterocycles. The number of anilines is 1. The Kier molecular flexibility index (Phi) is 7.34. The van der Waals surface area contributed by atoms with Crippen molar-refractivity contribution in [1.29, 1.82) is 0 Å². The van der Waals surface area contributed by atoms with Crippen LogP contribution in [0.5, 0.6) is 0 Å². The first-order valence-electron chi connectivity index (χ1n) is 12.9. The first-order chi connectivity index (χ1) is 18.3. The number of carbonyl (C=O) groups excluding carboxylic acids is 1. The van der Waals surface area contributed by atoms with Crippen molar-refractivity contribution in [3.8, 4) is 0 Å². The number of carboxylic acids is 1. The van der Waals surface area contributed by atoms with Gasteiger partial charge in [0.05, 0.1) is 42.4 Å². The molecule has 202 valence electrons. The van der Waals surface area contributed by atoms with Gasteiger partial charge in [0.2, 0.25) is 0 Å². The fourth-order valence-corrected chi connectivity index (χ4v) is 5.71. The fraction of sp³-hybridized carbons (Fsp3) is 0.464. The van der Waals surface area contributed by atoms with Crippen molar-refractivity contribution in [3.63, 3.8) is 0 Å². The second kappa shape index (κ2) is 10.7. The zero-order valence-corrected chi connectivity index (χ0v) is 21.4. The summed E-state index contributed by atoms with van der Waals surface area (Å²) >= 11 is 0. The predicted octanol–water partition coefficient (Wildman–Crippen LogP) is 5.64. The van der Waals surface area contributed by atoms with E-state index in [9.17, 15) is 23.5 Å². The summed E-state index contributed by atoms with van der Waals surface area (Å²) in [4.78, 5) is 31.6. The van der Waals surface area contributed by atoms with Crippen molar-refractivity contribution in [3.05, 3.63) is 58.9 Å². The smallest absolute Gasteiger partial charge is 0.414 e. The van der Waals surface area contributed by atoms with Crippen LogP contribution in [-0.2, 0) is 27.1 Å². The molecule has 2 aromatic carbocycles. The Hall–Kier alpha value is -3.53. The molecule has 10 heteroatoms. The van der Waals surface area contributed by atoms with Gasteiger partial charge < -0.3 is 19.1 Å². The number of nitrogens with zero attached hydrogens (tertiary/aromatic N) is 3. The quantitative estimate of drug-likeness (QED) is 0.446. The topological polar surface area (TPSA) is 93.9 Å². The molecule has 0 unspecified atom stereocenters. The van der Waals surface area contributed by atoms with E-state index in [4.69, 9.17) is 14.5 Å². The van der Waals surface area contributed by atoms with Crippen LogP contribution in [0.3, 0.4) is 0 Å². The summed E-state index contributed by atoms with van der Waals surface area (Å²) in [5.74, 6) is -1.43. The summed E-state index contributed by atoms with van der Waals surface area (Å²) in [6.07, 6.45) is 0.222. The molecule has 1 fully saturated rings. The van der Waals surface area contributed by atoms with Crippen LogP contribution in [0.15, 0.2) is 36.4 Å².